The fourth-order valence-corrected chi connectivity index (χ4v) is 3.52. The third-order valence-electron chi connectivity index (χ3n) is 3.23. The molecule has 5 heteroatoms. The van der Waals surface area contributed by atoms with Crippen LogP contribution in [0.3, 0.4) is 0 Å². The van der Waals surface area contributed by atoms with E-state index in [1.807, 2.05) is 26.8 Å². The Kier molecular flexibility index (Phi) is 4.94. The summed E-state index contributed by atoms with van der Waals surface area (Å²) in [4.78, 5) is 2.20. The Hall–Kier alpha value is -0.780. The second-order valence-electron chi connectivity index (χ2n) is 4.67. The summed E-state index contributed by atoms with van der Waals surface area (Å²) < 4.78 is 28.0. The Labute approximate surface area is 130 Å². The summed E-state index contributed by atoms with van der Waals surface area (Å²) in [6.07, 6.45) is 0. The van der Waals surface area contributed by atoms with Crippen molar-refractivity contribution in [3.63, 3.8) is 0 Å². The molecule has 2 aromatic rings. The van der Waals surface area contributed by atoms with Crippen LogP contribution in [0.15, 0.2) is 22.7 Å². The van der Waals surface area contributed by atoms with Crippen molar-refractivity contribution in [3.8, 4) is 0 Å². The lowest BCUT2D eigenvalue weighted by atomic mass is 10.0. The summed E-state index contributed by atoms with van der Waals surface area (Å²) in [7, 11) is 0. The molecule has 1 aromatic carbocycles. The highest BCUT2D eigenvalue weighted by molar-refractivity contribution is 9.10. The van der Waals surface area contributed by atoms with Crippen LogP contribution in [0, 0.1) is 25.5 Å². The van der Waals surface area contributed by atoms with Crippen LogP contribution >= 0.6 is 27.3 Å². The van der Waals surface area contributed by atoms with Gasteiger partial charge in [-0.3, -0.25) is 0 Å². The quantitative estimate of drug-likeness (QED) is 0.748. The molecule has 1 N–H and O–H groups in total. The molecule has 0 aliphatic carbocycles. The zero-order valence-corrected chi connectivity index (χ0v) is 14.0. The summed E-state index contributed by atoms with van der Waals surface area (Å²) in [5, 5.41) is 3.23. The fraction of sp³-hybridized carbons (Fsp3) is 0.333. The largest absolute Gasteiger partial charge is 0.306 e. The molecule has 1 aromatic heterocycles. The number of nitrogens with one attached hydrogen (secondary N) is 1. The average molecular weight is 360 g/mol. The van der Waals surface area contributed by atoms with Crippen molar-refractivity contribution in [2.75, 3.05) is 6.54 Å². The Bertz CT molecular complexity index is 605. The van der Waals surface area contributed by atoms with E-state index in [2.05, 4.69) is 21.2 Å². The maximum Gasteiger partial charge on any atom is 0.137 e. The standard InChI is InChI=1S/C15H16BrF2NS/c1-4-19-15(14-5-8(2)9(3)20-14)10-6-13(18)11(16)7-12(10)17/h5-7,15,19H,4H2,1-3H3. The van der Waals surface area contributed by atoms with Crippen molar-refractivity contribution in [2.24, 2.45) is 0 Å². The summed E-state index contributed by atoms with van der Waals surface area (Å²) in [5.41, 5.74) is 1.51. The minimum Gasteiger partial charge on any atom is -0.306 e. The van der Waals surface area contributed by atoms with Crippen LogP contribution in [0.5, 0.6) is 0 Å². The highest BCUT2D eigenvalue weighted by Crippen LogP contribution is 2.33. The van der Waals surface area contributed by atoms with E-state index in [0.717, 1.165) is 4.88 Å². The van der Waals surface area contributed by atoms with E-state index in [4.69, 9.17) is 0 Å². The Morgan fingerprint density at radius 1 is 1.20 bits per heavy atom. The molecule has 0 saturated carbocycles. The molecule has 0 spiro atoms. The first kappa shape index (κ1) is 15.6. The van der Waals surface area contributed by atoms with Gasteiger partial charge in [0.05, 0.1) is 10.5 Å². The lowest BCUT2D eigenvalue weighted by Gasteiger charge is -2.18. The number of hydrogen-bond donors (Lipinski definition) is 1. The third-order valence-corrected chi connectivity index (χ3v) is 5.05. The Morgan fingerprint density at radius 2 is 1.90 bits per heavy atom. The van der Waals surface area contributed by atoms with E-state index in [0.29, 0.717) is 12.1 Å². The van der Waals surface area contributed by atoms with Crippen molar-refractivity contribution in [2.45, 2.75) is 26.8 Å². The van der Waals surface area contributed by atoms with Crippen molar-refractivity contribution < 1.29 is 8.78 Å². The van der Waals surface area contributed by atoms with Gasteiger partial charge < -0.3 is 5.32 Å². The van der Waals surface area contributed by atoms with Crippen molar-refractivity contribution in [1.29, 1.82) is 0 Å². The number of aryl methyl sites for hydroxylation is 2. The average Bonchev–Trinajstić information content (AvgIpc) is 2.71. The van der Waals surface area contributed by atoms with Gasteiger partial charge in [-0.25, -0.2) is 8.78 Å². The van der Waals surface area contributed by atoms with E-state index >= 15 is 0 Å². The predicted octanol–water partition coefficient (Wildman–Crippen LogP) is 5.10. The van der Waals surface area contributed by atoms with Crippen molar-refractivity contribution >= 4 is 27.3 Å². The van der Waals surface area contributed by atoms with Crippen LogP contribution in [0.25, 0.3) is 0 Å². The highest BCUT2D eigenvalue weighted by atomic mass is 79.9. The van der Waals surface area contributed by atoms with Gasteiger partial charge >= 0.3 is 0 Å². The van der Waals surface area contributed by atoms with E-state index in [9.17, 15) is 8.78 Å². The summed E-state index contributed by atoms with van der Waals surface area (Å²) in [5.74, 6) is -0.859. The second-order valence-corrected chi connectivity index (χ2v) is 6.81. The van der Waals surface area contributed by atoms with Crippen LogP contribution in [0.2, 0.25) is 0 Å². The van der Waals surface area contributed by atoms with E-state index in [-0.39, 0.29) is 10.5 Å². The van der Waals surface area contributed by atoms with Gasteiger partial charge in [-0.1, -0.05) is 6.92 Å². The highest BCUT2D eigenvalue weighted by Gasteiger charge is 2.21. The third kappa shape index (κ3) is 3.10. The van der Waals surface area contributed by atoms with Gasteiger partial charge in [-0.05, 0) is 60.1 Å². The first-order valence-corrected chi connectivity index (χ1v) is 7.99. The minimum absolute atomic E-state index is 0.146. The fourth-order valence-electron chi connectivity index (χ4n) is 2.07. The molecule has 0 fully saturated rings. The first-order valence-electron chi connectivity index (χ1n) is 6.38. The van der Waals surface area contributed by atoms with E-state index in [1.165, 1.54) is 22.6 Å². The summed E-state index contributed by atoms with van der Waals surface area (Å²) >= 11 is 4.62. The van der Waals surface area contributed by atoms with Gasteiger partial charge in [-0.2, -0.15) is 0 Å². The lowest BCUT2D eigenvalue weighted by Crippen LogP contribution is -2.22. The molecule has 0 bridgehead atoms. The van der Waals surface area contributed by atoms with Gasteiger partial charge in [0.1, 0.15) is 11.6 Å². The first-order chi connectivity index (χ1) is 9.43. The molecular formula is C15H16BrF2NS. The molecule has 0 amide bonds. The molecule has 0 saturated heterocycles. The van der Waals surface area contributed by atoms with Gasteiger partial charge in [0.2, 0.25) is 0 Å². The Morgan fingerprint density at radius 3 is 2.45 bits per heavy atom. The molecule has 2 rings (SSSR count). The van der Waals surface area contributed by atoms with Crippen LogP contribution in [0.4, 0.5) is 8.78 Å². The minimum atomic E-state index is -0.450. The molecular weight excluding hydrogens is 344 g/mol. The molecule has 0 aliphatic heterocycles. The van der Waals surface area contributed by atoms with Crippen molar-refractivity contribution in [1.82, 2.24) is 5.32 Å². The number of halogens is 3. The smallest absolute Gasteiger partial charge is 0.137 e. The zero-order valence-electron chi connectivity index (χ0n) is 11.6. The van der Waals surface area contributed by atoms with E-state index in [1.54, 1.807) is 11.3 Å². The molecule has 0 aliphatic rings. The predicted molar refractivity (Wildman–Crippen MR) is 83.4 cm³/mol. The van der Waals surface area contributed by atoms with Crippen LogP contribution in [-0.2, 0) is 0 Å². The Balaban J connectivity index is 2.50. The molecule has 1 heterocycles. The van der Waals surface area contributed by atoms with Crippen LogP contribution in [0.1, 0.15) is 33.8 Å². The van der Waals surface area contributed by atoms with Crippen molar-refractivity contribution in [3.05, 3.63) is 55.2 Å². The zero-order chi connectivity index (χ0) is 14.9. The maximum absolute atomic E-state index is 14.2. The molecule has 108 valence electrons. The van der Waals surface area contributed by atoms with Crippen LogP contribution in [-0.4, -0.2) is 6.54 Å². The molecule has 1 nitrogen and oxygen atoms in total. The monoisotopic (exact) mass is 359 g/mol. The number of rotatable bonds is 4. The normalized spacial score (nSPS) is 12.7. The SMILES string of the molecule is CCNC(c1cc(C)c(C)s1)c1cc(F)c(Br)cc1F. The molecule has 0 radical (unpaired) electrons. The van der Waals surface area contributed by atoms with Gasteiger partial charge in [0.15, 0.2) is 0 Å². The topological polar surface area (TPSA) is 12.0 Å². The molecule has 1 unspecified atom stereocenters. The summed E-state index contributed by atoms with van der Waals surface area (Å²) in [6, 6.07) is 4.16. The van der Waals surface area contributed by atoms with E-state index < -0.39 is 11.6 Å². The van der Waals surface area contributed by atoms with Gasteiger partial charge in [-0.15, -0.1) is 11.3 Å². The number of benzene rings is 1. The molecule has 20 heavy (non-hydrogen) atoms. The van der Waals surface area contributed by atoms with Crippen LogP contribution < -0.4 is 5.32 Å². The summed E-state index contributed by atoms with van der Waals surface area (Å²) in [6.45, 7) is 6.69. The molecule has 1 atom stereocenters. The number of thiophene rings is 1. The maximum atomic E-state index is 14.2. The second kappa shape index (κ2) is 6.33. The van der Waals surface area contributed by atoms with Gasteiger partial charge in [0, 0.05) is 15.3 Å². The lowest BCUT2D eigenvalue weighted by molar-refractivity contribution is 0.545. The van der Waals surface area contributed by atoms with Gasteiger partial charge in [0.25, 0.3) is 0 Å². The number of hydrogen-bond acceptors (Lipinski definition) is 2.